The van der Waals surface area contributed by atoms with Gasteiger partial charge in [0.05, 0.1) is 16.9 Å². The molecule has 6 nitrogen and oxygen atoms in total. The van der Waals surface area contributed by atoms with E-state index in [4.69, 9.17) is 0 Å². The molecule has 26 heavy (non-hydrogen) atoms. The minimum absolute atomic E-state index is 0.0919. The second-order valence-electron chi connectivity index (χ2n) is 6.61. The highest BCUT2D eigenvalue weighted by Crippen LogP contribution is 2.44. The van der Waals surface area contributed by atoms with Crippen LogP contribution in [0.1, 0.15) is 30.0 Å². The molecule has 1 N–H and O–H groups in total. The van der Waals surface area contributed by atoms with Gasteiger partial charge in [0.25, 0.3) is 5.69 Å². The van der Waals surface area contributed by atoms with E-state index in [1.807, 2.05) is 36.7 Å². The fourth-order valence-corrected chi connectivity index (χ4v) is 3.36. The minimum atomic E-state index is -0.365. The molecule has 1 saturated carbocycles. The Morgan fingerprint density at radius 1 is 1.23 bits per heavy atom. The summed E-state index contributed by atoms with van der Waals surface area (Å²) in [6.45, 7) is 0.651. The van der Waals surface area contributed by atoms with Crippen LogP contribution >= 0.6 is 0 Å². The van der Waals surface area contributed by atoms with Gasteiger partial charge in [-0.25, -0.2) is 4.98 Å². The van der Waals surface area contributed by atoms with E-state index in [9.17, 15) is 10.1 Å². The molecule has 0 saturated heterocycles. The fourth-order valence-electron chi connectivity index (χ4n) is 3.36. The predicted molar refractivity (Wildman–Crippen MR) is 101 cm³/mol. The zero-order valence-corrected chi connectivity index (χ0v) is 14.6. The van der Waals surface area contributed by atoms with E-state index in [0.717, 1.165) is 16.8 Å². The van der Waals surface area contributed by atoms with Crippen molar-refractivity contribution >= 4 is 11.4 Å². The molecule has 0 radical (unpaired) electrons. The van der Waals surface area contributed by atoms with Crippen LogP contribution < -0.4 is 5.32 Å². The van der Waals surface area contributed by atoms with Crippen molar-refractivity contribution in [3.8, 4) is 11.3 Å². The van der Waals surface area contributed by atoms with E-state index >= 15 is 0 Å². The van der Waals surface area contributed by atoms with Crippen molar-refractivity contribution in [2.24, 2.45) is 0 Å². The molecular weight excluding hydrogens is 328 g/mol. The molecule has 0 spiro atoms. The molecule has 2 aromatic carbocycles. The van der Waals surface area contributed by atoms with Crippen molar-refractivity contribution in [1.82, 2.24) is 9.55 Å². The standard InChI is InChI=1S/C20H20N4O2/c1-21-17-11-14(7-10-18(17)24(25)26)12-23-13-22-19(20(23)16-8-9-16)15-5-3-2-4-6-15/h2-7,10-11,13,16,21H,8-9,12H2,1H3. The van der Waals surface area contributed by atoms with Crippen LogP contribution in [0.3, 0.4) is 0 Å². The largest absolute Gasteiger partial charge is 0.383 e. The van der Waals surface area contributed by atoms with Gasteiger partial charge in [-0.1, -0.05) is 36.4 Å². The second kappa shape index (κ2) is 6.63. The van der Waals surface area contributed by atoms with Gasteiger partial charge in [-0.05, 0) is 24.5 Å². The quantitative estimate of drug-likeness (QED) is 0.528. The fraction of sp³-hybridized carbons (Fsp3) is 0.250. The molecule has 0 bridgehead atoms. The van der Waals surface area contributed by atoms with Crippen LogP contribution in [-0.2, 0) is 6.54 Å². The summed E-state index contributed by atoms with van der Waals surface area (Å²) in [5.74, 6) is 0.550. The Bertz CT molecular complexity index is 946. The van der Waals surface area contributed by atoms with E-state index < -0.39 is 0 Å². The van der Waals surface area contributed by atoms with Gasteiger partial charge in [0, 0.05) is 36.8 Å². The number of imidazole rings is 1. The lowest BCUT2D eigenvalue weighted by atomic mass is 10.1. The Balaban J connectivity index is 1.69. The van der Waals surface area contributed by atoms with Crippen LogP contribution in [0.4, 0.5) is 11.4 Å². The average molecular weight is 348 g/mol. The number of nitro benzene ring substituents is 1. The number of nitrogens with one attached hydrogen (secondary N) is 1. The number of hydrogen-bond donors (Lipinski definition) is 1. The van der Waals surface area contributed by atoms with Crippen LogP contribution in [0.2, 0.25) is 0 Å². The second-order valence-corrected chi connectivity index (χ2v) is 6.61. The van der Waals surface area contributed by atoms with Crippen molar-refractivity contribution in [3.63, 3.8) is 0 Å². The first kappa shape index (κ1) is 16.3. The third kappa shape index (κ3) is 3.06. The Kier molecular flexibility index (Phi) is 4.16. The minimum Gasteiger partial charge on any atom is -0.383 e. The summed E-state index contributed by atoms with van der Waals surface area (Å²) in [6, 6.07) is 15.5. The molecule has 0 aliphatic heterocycles. The van der Waals surface area contributed by atoms with E-state index in [-0.39, 0.29) is 10.6 Å². The topological polar surface area (TPSA) is 73.0 Å². The molecule has 1 fully saturated rings. The Labute approximate surface area is 151 Å². The summed E-state index contributed by atoms with van der Waals surface area (Å²) in [4.78, 5) is 15.4. The molecular formula is C20H20N4O2. The molecule has 1 heterocycles. The Hall–Kier alpha value is -3.15. The maximum atomic E-state index is 11.1. The van der Waals surface area contributed by atoms with Crippen LogP contribution in [0.25, 0.3) is 11.3 Å². The smallest absolute Gasteiger partial charge is 0.292 e. The molecule has 0 amide bonds. The van der Waals surface area contributed by atoms with Crippen molar-refractivity contribution in [1.29, 1.82) is 0 Å². The van der Waals surface area contributed by atoms with Gasteiger partial charge in [-0.2, -0.15) is 0 Å². The number of rotatable bonds is 6. The van der Waals surface area contributed by atoms with Gasteiger partial charge < -0.3 is 9.88 Å². The summed E-state index contributed by atoms with van der Waals surface area (Å²) in [5, 5.41) is 14.0. The number of aromatic nitrogens is 2. The Morgan fingerprint density at radius 2 is 2.00 bits per heavy atom. The SMILES string of the molecule is CNc1cc(Cn2cnc(-c3ccccc3)c2C2CC2)ccc1[N+](=O)[O-]. The molecule has 132 valence electrons. The van der Waals surface area contributed by atoms with Gasteiger partial charge in [-0.3, -0.25) is 10.1 Å². The van der Waals surface area contributed by atoms with E-state index in [1.54, 1.807) is 13.1 Å². The van der Waals surface area contributed by atoms with E-state index in [0.29, 0.717) is 18.2 Å². The summed E-state index contributed by atoms with van der Waals surface area (Å²) in [5.41, 5.74) is 5.08. The van der Waals surface area contributed by atoms with Gasteiger partial charge in [0.1, 0.15) is 5.69 Å². The molecule has 1 aliphatic carbocycles. The molecule has 6 heteroatoms. The lowest BCUT2D eigenvalue weighted by molar-refractivity contribution is -0.383. The monoisotopic (exact) mass is 348 g/mol. The number of anilines is 1. The van der Waals surface area contributed by atoms with Crippen LogP contribution in [0.5, 0.6) is 0 Å². The lowest BCUT2D eigenvalue weighted by Crippen LogP contribution is -2.05. The molecule has 4 rings (SSSR count). The lowest BCUT2D eigenvalue weighted by Gasteiger charge is -2.11. The first-order chi connectivity index (χ1) is 12.7. The maximum absolute atomic E-state index is 11.1. The number of hydrogen-bond acceptors (Lipinski definition) is 4. The van der Waals surface area contributed by atoms with Gasteiger partial charge in [0.15, 0.2) is 0 Å². The third-order valence-corrected chi connectivity index (χ3v) is 4.77. The summed E-state index contributed by atoms with van der Waals surface area (Å²) in [7, 11) is 1.70. The van der Waals surface area contributed by atoms with Crippen molar-refractivity contribution in [2.75, 3.05) is 12.4 Å². The zero-order chi connectivity index (χ0) is 18.1. The Morgan fingerprint density at radius 3 is 2.65 bits per heavy atom. The number of nitro groups is 1. The number of nitrogens with zero attached hydrogens (tertiary/aromatic N) is 3. The van der Waals surface area contributed by atoms with Gasteiger partial charge in [0.2, 0.25) is 0 Å². The third-order valence-electron chi connectivity index (χ3n) is 4.77. The predicted octanol–water partition coefficient (Wildman–Crippen LogP) is 4.43. The molecule has 3 aromatic rings. The average Bonchev–Trinajstić information content (AvgIpc) is 3.42. The maximum Gasteiger partial charge on any atom is 0.292 e. The van der Waals surface area contributed by atoms with Crippen molar-refractivity contribution in [3.05, 3.63) is 76.2 Å². The summed E-state index contributed by atoms with van der Waals surface area (Å²) >= 11 is 0. The number of benzene rings is 2. The first-order valence-corrected chi connectivity index (χ1v) is 8.73. The highest BCUT2D eigenvalue weighted by Gasteiger charge is 2.30. The zero-order valence-electron chi connectivity index (χ0n) is 14.6. The van der Waals surface area contributed by atoms with E-state index in [2.05, 4.69) is 27.0 Å². The van der Waals surface area contributed by atoms with Crippen LogP contribution in [-0.4, -0.2) is 21.5 Å². The highest BCUT2D eigenvalue weighted by atomic mass is 16.6. The molecule has 1 aromatic heterocycles. The van der Waals surface area contributed by atoms with Crippen molar-refractivity contribution < 1.29 is 4.92 Å². The van der Waals surface area contributed by atoms with E-state index in [1.165, 1.54) is 18.5 Å². The van der Waals surface area contributed by atoms with Gasteiger partial charge >= 0.3 is 0 Å². The molecule has 0 unspecified atom stereocenters. The van der Waals surface area contributed by atoms with Crippen molar-refractivity contribution in [2.45, 2.75) is 25.3 Å². The van der Waals surface area contributed by atoms with Gasteiger partial charge in [-0.15, -0.1) is 0 Å². The van der Waals surface area contributed by atoms with Crippen LogP contribution in [0, 0.1) is 10.1 Å². The van der Waals surface area contributed by atoms with Crippen LogP contribution in [0.15, 0.2) is 54.9 Å². The first-order valence-electron chi connectivity index (χ1n) is 8.73. The summed E-state index contributed by atoms with van der Waals surface area (Å²) in [6.07, 6.45) is 4.26. The normalized spacial score (nSPS) is 13.6. The molecule has 1 aliphatic rings. The molecule has 0 atom stereocenters. The highest BCUT2D eigenvalue weighted by molar-refractivity contribution is 5.64. The summed E-state index contributed by atoms with van der Waals surface area (Å²) < 4.78 is 2.18.